The second-order valence-corrected chi connectivity index (χ2v) is 5.54. The number of carbonyl (C=O) groups is 2. The number of nitrogens with zero attached hydrogens (tertiary/aromatic N) is 1. The molecule has 3 rings (SSSR count). The number of fused-ring (bicyclic) bond motifs is 1. The Morgan fingerprint density at radius 3 is 2.87 bits per heavy atom. The Morgan fingerprint density at radius 2 is 2.04 bits per heavy atom. The molecule has 0 aliphatic carbocycles. The molecule has 1 aliphatic heterocycles. The van der Waals surface area contributed by atoms with Gasteiger partial charge in [0.2, 0.25) is 11.8 Å². The van der Waals surface area contributed by atoms with Crippen LogP contribution in [0.5, 0.6) is 5.75 Å². The van der Waals surface area contributed by atoms with Crippen LogP contribution in [0.4, 0.5) is 11.4 Å². The van der Waals surface area contributed by atoms with Gasteiger partial charge in [0.1, 0.15) is 12.3 Å². The number of benzene rings is 2. The Balaban J connectivity index is 1.78. The second-order valence-electron chi connectivity index (χ2n) is 5.10. The highest BCUT2D eigenvalue weighted by Crippen LogP contribution is 2.30. The average molecular weight is 331 g/mol. The zero-order valence-electron chi connectivity index (χ0n) is 12.3. The third kappa shape index (κ3) is 3.63. The van der Waals surface area contributed by atoms with Crippen LogP contribution in [0, 0.1) is 0 Å². The molecule has 5 nitrogen and oxygen atoms in total. The molecule has 23 heavy (non-hydrogen) atoms. The molecular formula is C17H15ClN2O3. The Labute approximate surface area is 138 Å². The van der Waals surface area contributed by atoms with E-state index in [1.807, 2.05) is 12.1 Å². The summed E-state index contributed by atoms with van der Waals surface area (Å²) >= 11 is 5.90. The monoisotopic (exact) mass is 330 g/mol. The highest BCUT2D eigenvalue weighted by Gasteiger charge is 2.24. The van der Waals surface area contributed by atoms with Crippen molar-refractivity contribution in [2.75, 3.05) is 23.4 Å². The Bertz CT molecular complexity index is 748. The molecule has 1 N–H and O–H groups in total. The van der Waals surface area contributed by atoms with E-state index in [-0.39, 0.29) is 24.8 Å². The lowest BCUT2D eigenvalue weighted by atomic mass is 10.2. The van der Waals surface area contributed by atoms with Gasteiger partial charge in [-0.3, -0.25) is 14.5 Å². The van der Waals surface area contributed by atoms with Gasteiger partial charge < -0.3 is 10.1 Å². The maximum atomic E-state index is 12.3. The van der Waals surface area contributed by atoms with E-state index in [0.29, 0.717) is 28.8 Å². The molecule has 0 atom stereocenters. The number of anilines is 2. The van der Waals surface area contributed by atoms with Crippen molar-refractivity contribution in [2.45, 2.75) is 6.42 Å². The molecule has 2 aromatic rings. The summed E-state index contributed by atoms with van der Waals surface area (Å²) in [4.78, 5) is 26.0. The largest absolute Gasteiger partial charge is 0.491 e. The van der Waals surface area contributed by atoms with Crippen molar-refractivity contribution in [3.63, 3.8) is 0 Å². The highest BCUT2D eigenvalue weighted by molar-refractivity contribution is 6.30. The summed E-state index contributed by atoms with van der Waals surface area (Å²) in [5.41, 5.74) is 1.20. The molecule has 1 aliphatic rings. The van der Waals surface area contributed by atoms with Gasteiger partial charge in [0.15, 0.2) is 0 Å². The molecule has 0 radical (unpaired) electrons. The van der Waals surface area contributed by atoms with Gasteiger partial charge in [-0.25, -0.2) is 0 Å². The maximum absolute atomic E-state index is 12.3. The molecule has 0 saturated heterocycles. The lowest BCUT2D eigenvalue weighted by Crippen LogP contribution is -2.37. The zero-order valence-corrected chi connectivity index (χ0v) is 13.0. The van der Waals surface area contributed by atoms with Crippen LogP contribution in [0.2, 0.25) is 5.02 Å². The summed E-state index contributed by atoms with van der Waals surface area (Å²) in [6.07, 6.45) is 0.235. The van der Waals surface area contributed by atoms with E-state index in [0.717, 1.165) is 0 Å². The fourth-order valence-electron chi connectivity index (χ4n) is 2.40. The molecule has 0 saturated carbocycles. The molecule has 2 amide bonds. The second kappa shape index (κ2) is 6.71. The lowest BCUT2D eigenvalue weighted by Gasteiger charge is -2.21. The Kier molecular flexibility index (Phi) is 4.48. The molecule has 2 aromatic carbocycles. The predicted molar refractivity (Wildman–Crippen MR) is 89.0 cm³/mol. The summed E-state index contributed by atoms with van der Waals surface area (Å²) in [5.74, 6) is 0.169. The van der Waals surface area contributed by atoms with E-state index in [1.54, 1.807) is 36.4 Å². The smallest absolute Gasteiger partial charge is 0.244 e. The zero-order chi connectivity index (χ0) is 16.2. The molecule has 6 heteroatoms. The summed E-state index contributed by atoms with van der Waals surface area (Å²) in [5, 5.41) is 3.28. The summed E-state index contributed by atoms with van der Waals surface area (Å²) in [6, 6.07) is 14.1. The minimum Gasteiger partial charge on any atom is -0.491 e. The van der Waals surface area contributed by atoms with E-state index < -0.39 is 0 Å². The summed E-state index contributed by atoms with van der Waals surface area (Å²) in [6.45, 7) is 0.230. The molecular weight excluding hydrogens is 316 g/mol. The Hall–Kier alpha value is -2.53. The van der Waals surface area contributed by atoms with Gasteiger partial charge in [0.05, 0.1) is 18.7 Å². The molecule has 0 bridgehead atoms. The van der Waals surface area contributed by atoms with Gasteiger partial charge in [-0.05, 0) is 30.3 Å². The number of ether oxygens (including phenoxy) is 1. The van der Waals surface area contributed by atoms with Gasteiger partial charge in [-0.2, -0.15) is 0 Å². The van der Waals surface area contributed by atoms with E-state index in [4.69, 9.17) is 16.3 Å². The van der Waals surface area contributed by atoms with Crippen LogP contribution in [-0.2, 0) is 9.59 Å². The quantitative estimate of drug-likeness (QED) is 0.940. The maximum Gasteiger partial charge on any atom is 0.244 e. The number of rotatable bonds is 3. The van der Waals surface area contributed by atoms with Crippen molar-refractivity contribution in [1.29, 1.82) is 0 Å². The first-order valence-corrected chi connectivity index (χ1v) is 7.59. The number of para-hydroxylation sites is 2. The van der Waals surface area contributed by atoms with E-state index in [1.165, 1.54) is 4.90 Å². The number of carbonyl (C=O) groups excluding carboxylic acids is 2. The SMILES string of the molecule is O=C(CN1C(=O)CCOc2ccccc21)Nc1cccc(Cl)c1. The van der Waals surface area contributed by atoms with Gasteiger partial charge in [0, 0.05) is 10.7 Å². The van der Waals surface area contributed by atoms with Gasteiger partial charge in [-0.1, -0.05) is 29.8 Å². The van der Waals surface area contributed by atoms with Crippen LogP contribution in [0.3, 0.4) is 0 Å². The van der Waals surface area contributed by atoms with Crippen LogP contribution in [0.25, 0.3) is 0 Å². The highest BCUT2D eigenvalue weighted by atomic mass is 35.5. The summed E-state index contributed by atoms with van der Waals surface area (Å²) < 4.78 is 5.55. The number of amides is 2. The van der Waals surface area contributed by atoms with Gasteiger partial charge in [-0.15, -0.1) is 0 Å². The molecule has 0 unspecified atom stereocenters. The third-order valence-electron chi connectivity index (χ3n) is 3.44. The minimum atomic E-state index is -0.294. The van der Waals surface area contributed by atoms with Crippen molar-refractivity contribution >= 4 is 34.8 Å². The predicted octanol–water partition coefficient (Wildman–Crippen LogP) is 3.09. The van der Waals surface area contributed by atoms with Crippen LogP contribution in [0.15, 0.2) is 48.5 Å². The lowest BCUT2D eigenvalue weighted by molar-refractivity contribution is -0.121. The fourth-order valence-corrected chi connectivity index (χ4v) is 2.59. The van der Waals surface area contributed by atoms with Crippen molar-refractivity contribution in [3.05, 3.63) is 53.6 Å². The fraction of sp³-hybridized carbons (Fsp3) is 0.176. The number of halogens is 1. The molecule has 0 fully saturated rings. The Morgan fingerprint density at radius 1 is 1.22 bits per heavy atom. The van der Waals surface area contributed by atoms with Gasteiger partial charge >= 0.3 is 0 Å². The van der Waals surface area contributed by atoms with Crippen molar-refractivity contribution in [3.8, 4) is 5.75 Å². The van der Waals surface area contributed by atoms with Crippen LogP contribution in [0.1, 0.15) is 6.42 Å². The van der Waals surface area contributed by atoms with Crippen LogP contribution >= 0.6 is 11.6 Å². The van der Waals surface area contributed by atoms with Crippen LogP contribution < -0.4 is 15.0 Å². The first kappa shape index (κ1) is 15.4. The van der Waals surface area contributed by atoms with Crippen molar-refractivity contribution in [2.24, 2.45) is 0 Å². The third-order valence-corrected chi connectivity index (χ3v) is 3.68. The minimum absolute atomic E-state index is 0.0777. The number of hydrogen-bond acceptors (Lipinski definition) is 3. The van der Waals surface area contributed by atoms with Crippen molar-refractivity contribution in [1.82, 2.24) is 0 Å². The first-order chi connectivity index (χ1) is 11.1. The van der Waals surface area contributed by atoms with E-state index >= 15 is 0 Å². The molecule has 118 valence electrons. The standard InChI is InChI=1S/C17H15ClN2O3/c18-12-4-3-5-13(10-12)19-16(21)11-20-14-6-1-2-7-15(14)23-9-8-17(20)22/h1-7,10H,8-9,11H2,(H,19,21). The van der Waals surface area contributed by atoms with E-state index in [9.17, 15) is 9.59 Å². The van der Waals surface area contributed by atoms with Gasteiger partial charge in [0.25, 0.3) is 0 Å². The molecule has 0 spiro atoms. The van der Waals surface area contributed by atoms with Crippen LogP contribution in [-0.4, -0.2) is 25.0 Å². The van der Waals surface area contributed by atoms with E-state index in [2.05, 4.69) is 5.32 Å². The average Bonchev–Trinajstić information content (AvgIpc) is 2.67. The molecule has 1 heterocycles. The molecule has 0 aromatic heterocycles. The van der Waals surface area contributed by atoms with Crippen molar-refractivity contribution < 1.29 is 14.3 Å². The number of hydrogen-bond donors (Lipinski definition) is 1. The number of nitrogens with one attached hydrogen (secondary N) is 1. The topological polar surface area (TPSA) is 58.6 Å². The summed E-state index contributed by atoms with van der Waals surface area (Å²) in [7, 11) is 0. The first-order valence-electron chi connectivity index (χ1n) is 7.21. The normalized spacial score (nSPS) is 13.8.